The molecule has 0 unspecified atom stereocenters. The number of nitrogens with one attached hydrogen (secondary N) is 1. The van der Waals surface area contributed by atoms with Crippen LogP contribution in [0.4, 0.5) is 0 Å². The Morgan fingerprint density at radius 3 is 2.16 bits per heavy atom. The van der Waals surface area contributed by atoms with Crippen molar-refractivity contribution in [1.82, 2.24) is 4.72 Å². The van der Waals surface area contributed by atoms with Crippen molar-refractivity contribution in [2.24, 2.45) is 0 Å². The minimum atomic E-state index is -3.47. The molecule has 0 bridgehead atoms. The number of benzene rings is 1. The summed E-state index contributed by atoms with van der Waals surface area (Å²) in [7, 11) is -3.92. The molecule has 2 aliphatic rings. The van der Waals surface area contributed by atoms with Crippen molar-refractivity contribution in [3.8, 4) is 0 Å². The lowest BCUT2D eigenvalue weighted by Gasteiger charge is -2.32. The maximum absolute atomic E-state index is 12.6. The Labute approximate surface area is 151 Å². The van der Waals surface area contributed by atoms with Crippen molar-refractivity contribution < 1.29 is 17.7 Å². The minimum absolute atomic E-state index is 0.385. The molecule has 1 saturated heterocycles. The van der Waals surface area contributed by atoms with Gasteiger partial charge in [0, 0.05) is 6.54 Å². The van der Waals surface area contributed by atoms with E-state index in [2.05, 4.69) is 4.72 Å². The summed E-state index contributed by atoms with van der Waals surface area (Å²) >= 11 is 0. The van der Waals surface area contributed by atoms with Gasteiger partial charge in [-0.05, 0) is 76.0 Å². The van der Waals surface area contributed by atoms with E-state index in [1.165, 1.54) is 0 Å². The second kappa shape index (κ2) is 6.37. The van der Waals surface area contributed by atoms with Crippen LogP contribution in [0.5, 0.6) is 0 Å². The highest BCUT2D eigenvalue weighted by Crippen LogP contribution is 2.37. The molecule has 3 rings (SSSR count). The Bertz CT molecular complexity index is 758. The first-order valence-corrected chi connectivity index (χ1v) is 10.6. The molecule has 7 heteroatoms. The molecule has 0 amide bonds. The van der Waals surface area contributed by atoms with Crippen LogP contribution in [-0.4, -0.2) is 33.3 Å². The molecule has 25 heavy (non-hydrogen) atoms. The van der Waals surface area contributed by atoms with Crippen LogP contribution in [0.15, 0.2) is 17.0 Å². The number of hydrogen-bond donors (Lipinski definition) is 1. The summed E-state index contributed by atoms with van der Waals surface area (Å²) in [6, 6.07) is 3.58. The molecule has 1 heterocycles. The summed E-state index contributed by atoms with van der Waals surface area (Å²) in [6.45, 7) is 10.3. The van der Waals surface area contributed by atoms with E-state index in [-0.39, 0.29) is 0 Å². The van der Waals surface area contributed by atoms with E-state index in [0.29, 0.717) is 11.4 Å². The molecule has 1 aromatic rings. The fraction of sp³-hybridized carbons (Fsp3) is 0.667. The Hall–Kier alpha value is -0.885. The van der Waals surface area contributed by atoms with Gasteiger partial charge in [0.2, 0.25) is 10.0 Å². The van der Waals surface area contributed by atoms with E-state index in [0.717, 1.165) is 42.3 Å². The molecule has 0 saturated carbocycles. The van der Waals surface area contributed by atoms with Crippen molar-refractivity contribution in [1.29, 1.82) is 0 Å². The van der Waals surface area contributed by atoms with E-state index in [1.807, 2.05) is 33.8 Å². The third-order valence-electron chi connectivity index (χ3n) is 5.66. The Morgan fingerprint density at radius 1 is 1.04 bits per heavy atom. The van der Waals surface area contributed by atoms with Gasteiger partial charge in [0.05, 0.1) is 16.1 Å². The van der Waals surface area contributed by atoms with Crippen molar-refractivity contribution in [3.63, 3.8) is 0 Å². The topological polar surface area (TPSA) is 64.6 Å². The summed E-state index contributed by atoms with van der Waals surface area (Å²) in [5.74, 6) is 0. The van der Waals surface area contributed by atoms with Gasteiger partial charge in [-0.15, -0.1) is 0 Å². The van der Waals surface area contributed by atoms with Gasteiger partial charge in [0.15, 0.2) is 0 Å². The highest BCUT2D eigenvalue weighted by Gasteiger charge is 2.52. The second-order valence-corrected chi connectivity index (χ2v) is 9.64. The second-order valence-electron chi connectivity index (χ2n) is 7.91. The molecule has 5 nitrogen and oxygen atoms in total. The lowest BCUT2D eigenvalue weighted by Crippen LogP contribution is -2.41. The molecule has 138 valence electrons. The maximum Gasteiger partial charge on any atom is 0.495 e. The van der Waals surface area contributed by atoms with Gasteiger partial charge in [-0.3, -0.25) is 0 Å². The van der Waals surface area contributed by atoms with Crippen molar-refractivity contribution >= 4 is 22.6 Å². The quantitative estimate of drug-likeness (QED) is 0.831. The van der Waals surface area contributed by atoms with Crippen molar-refractivity contribution in [2.45, 2.75) is 76.4 Å². The first-order valence-electron chi connectivity index (χ1n) is 9.09. The number of rotatable bonds is 4. The monoisotopic (exact) mass is 365 g/mol. The largest absolute Gasteiger partial charge is 0.495 e. The fourth-order valence-electron chi connectivity index (χ4n) is 3.57. The lowest BCUT2D eigenvalue weighted by atomic mass is 9.72. The van der Waals surface area contributed by atoms with E-state index in [9.17, 15) is 8.42 Å². The van der Waals surface area contributed by atoms with Gasteiger partial charge in [0.25, 0.3) is 0 Å². The van der Waals surface area contributed by atoms with Gasteiger partial charge in [-0.2, -0.15) is 0 Å². The van der Waals surface area contributed by atoms with Crippen molar-refractivity contribution in [3.05, 3.63) is 23.3 Å². The van der Waals surface area contributed by atoms with Crippen LogP contribution >= 0.6 is 0 Å². The average molecular weight is 365 g/mol. The Morgan fingerprint density at radius 2 is 1.60 bits per heavy atom. The number of fused-ring (bicyclic) bond motifs is 1. The SMILES string of the molecule is CCNS(=O)(=O)c1ccc(B2OC(C)(C)C(C)(C)O2)c2c1CCCC2. The highest BCUT2D eigenvalue weighted by atomic mass is 32.2. The third kappa shape index (κ3) is 3.27. The molecule has 1 aliphatic carbocycles. The van der Waals surface area contributed by atoms with Crippen LogP contribution < -0.4 is 10.2 Å². The molecule has 1 fully saturated rings. The first-order chi connectivity index (χ1) is 11.6. The standard InChI is InChI=1S/C18H28BNO4S/c1-6-20-25(21,22)16-12-11-15(13-9-7-8-10-14(13)16)19-23-17(2,3)18(4,5)24-19/h11-12,20H,6-10H2,1-5H3. The van der Waals surface area contributed by atoms with E-state index >= 15 is 0 Å². The highest BCUT2D eigenvalue weighted by molar-refractivity contribution is 7.89. The normalized spacial score (nSPS) is 22.0. The molecular weight excluding hydrogens is 337 g/mol. The van der Waals surface area contributed by atoms with Gasteiger partial charge < -0.3 is 9.31 Å². The molecular formula is C18H28BNO4S. The number of sulfonamides is 1. The zero-order chi connectivity index (χ0) is 18.5. The molecule has 0 radical (unpaired) electrons. The van der Waals surface area contributed by atoms with E-state index in [4.69, 9.17) is 9.31 Å². The van der Waals surface area contributed by atoms with Crippen LogP contribution in [0, 0.1) is 0 Å². The van der Waals surface area contributed by atoms with E-state index < -0.39 is 28.3 Å². The smallest absolute Gasteiger partial charge is 0.399 e. The summed E-state index contributed by atoms with van der Waals surface area (Å²) in [6.07, 6.45) is 3.71. The molecule has 1 aliphatic heterocycles. The third-order valence-corrected chi connectivity index (χ3v) is 7.29. The molecule has 1 aromatic carbocycles. The zero-order valence-corrected chi connectivity index (χ0v) is 16.6. The molecule has 1 N–H and O–H groups in total. The fourth-order valence-corrected chi connectivity index (χ4v) is 4.91. The van der Waals surface area contributed by atoms with E-state index in [1.54, 1.807) is 13.0 Å². The van der Waals surface area contributed by atoms with Crippen LogP contribution in [0.25, 0.3) is 0 Å². The zero-order valence-electron chi connectivity index (χ0n) is 15.8. The van der Waals surface area contributed by atoms with Crippen LogP contribution in [-0.2, 0) is 32.2 Å². The molecule has 0 aromatic heterocycles. The minimum Gasteiger partial charge on any atom is -0.399 e. The Balaban J connectivity index is 2.07. The number of hydrogen-bond acceptors (Lipinski definition) is 4. The summed E-state index contributed by atoms with van der Waals surface area (Å²) < 4.78 is 40.2. The maximum atomic E-state index is 12.6. The van der Waals surface area contributed by atoms with Gasteiger partial charge >= 0.3 is 7.12 Å². The molecule has 0 atom stereocenters. The van der Waals surface area contributed by atoms with Crippen LogP contribution in [0.2, 0.25) is 0 Å². The lowest BCUT2D eigenvalue weighted by molar-refractivity contribution is 0.00578. The summed E-state index contributed by atoms with van der Waals surface area (Å²) in [5.41, 5.74) is 2.17. The van der Waals surface area contributed by atoms with Crippen molar-refractivity contribution in [2.75, 3.05) is 6.54 Å². The van der Waals surface area contributed by atoms with Crippen LogP contribution in [0.1, 0.15) is 58.6 Å². The van der Waals surface area contributed by atoms with Gasteiger partial charge in [-0.1, -0.05) is 13.0 Å². The first kappa shape index (κ1) is 18.9. The Kier molecular flexibility index (Phi) is 4.82. The predicted molar refractivity (Wildman–Crippen MR) is 99.7 cm³/mol. The summed E-state index contributed by atoms with van der Waals surface area (Å²) in [5, 5.41) is 0. The predicted octanol–water partition coefficient (Wildman–Crippen LogP) is 2.16. The summed E-state index contributed by atoms with van der Waals surface area (Å²) in [4.78, 5) is 0.407. The average Bonchev–Trinajstić information content (AvgIpc) is 2.74. The molecule has 0 spiro atoms. The van der Waals surface area contributed by atoms with Gasteiger partial charge in [0.1, 0.15) is 0 Å². The van der Waals surface area contributed by atoms with Gasteiger partial charge in [-0.25, -0.2) is 13.1 Å². The van der Waals surface area contributed by atoms with Crippen LogP contribution in [0.3, 0.4) is 0 Å².